The van der Waals surface area contributed by atoms with Gasteiger partial charge in [-0.3, -0.25) is 9.67 Å². The minimum Gasteiger partial charge on any atom is -0.370 e. The van der Waals surface area contributed by atoms with Crippen LogP contribution in [0.3, 0.4) is 0 Å². The smallest absolute Gasteiger partial charge is 0.188 e. The lowest BCUT2D eigenvalue weighted by Crippen LogP contribution is -2.34. The molecule has 0 spiro atoms. The van der Waals surface area contributed by atoms with Gasteiger partial charge < -0.3 is 11.1 Å². The predicted octanol–water partition coefficient (Wildman–Crippen LogP) is 1.21. The molecule has 1 heterocycles. The number of nitrogens with two attached hydrogens (primary N) is 1. The molecule has 16 heavy (non-hydrogen) atoms. The Morgan fingerprint density at radius 2 is 2.44 bits per heavy atom. The number of nitrogens with one attached hydrogen (secondary N) is 1. The Hall–Kier alpha value is -1.04. The third-order valence-corrected chi connectivity index (χ3v) is 2.29. The summed E-state index contributed by atoms with van der Waals surface area (Å²) >= 11 is 3.34. The zero-order valence-corrected chi connectivity index (χ0v) is 11.2. The van der Waals surface area contributed by atoms with Gasteiger partial charge in [0.15, 0.2) is 5.96 Å². The summed E-state index contributed by atoms with van der Waals surface area (Å²) in [4.78, 5) is 4.20. The molecule has 1 aromatic rings. The van der Waals surface area contributed by atoms with Gasteiger partial charge in [-0.05, 0) is 21.8 Å². The second-order valence-corrected chi connectivity index (χ2v) is 4.88. The maximum Gasteiger partial charge on any atom is 0.188 e. The molecule has 5 nitrogen and oxygen atoms in total. The SMILES string of the molecule is CC(C)CN=C(N)NCCn1cc(Br)cn1. The van der Waals surface area contributed by atoms with Gasteiger partial charge in [0.1, 0.15) is 0 Å². The Morgan fingerprint density at radius 3 is 3.00 bits per heavy atom. The maximum absolute atomic E-state index is 5.69. The molecule has 0 aliphatic carbocycles. The molecule has 6 heteroatoms. The first-order valence-electron chi connectivity index (χ1n) is 5.29. The van der Waals surface area contributed by atoms with E-state index in [0.717, 1.165) is 24.1 Å². The van der Waals surface area contributed by atoms with Gasteiger partial charge >= 0.3 is 0 Å². The molecule has 0 atom stereocenters. The monoisotopic (exact) mass is 287 g/mol. The van der Waals surface area contributed by atoms with Crippen LogP contribution in [0.4, 0.5) is 0 Å². The number of aliphatic imine (C=N–C) groups is 1. The van der Waals surface area contributed by atoms with Gasteiger partial charge in [0.2, 0.25) is 0 Å². The highest BCUT2D eigenvalue weighted by Crippen LogP contribution is 2.05. The van der Waals surface area contributed by atoms with E-state index in [2.05, 4.69) is 45.2 Å². The third-order valence-electron chi connectivity index (χ3n) is 1.88. The number of guanidine groups is 1. The van der Waals surface area contributed by atoms with Crippen molar-refractivity contribution in [2.24, 2.45) is 16.6 Å². The molecule has 0 bridgehead atoms. The summed E-state index contributed by atoms with van der Waals surface area (Å²) in [5.74, 6) is 1.03. The molecule has 3 N–H and O–H groups in total. The van der Waals surface area contributed by atoms with Crippen LogP contribution in [0.25, 0.3) is 0 Å². The van der Waals surface area contributed by atoms with E-state index < -0.39 is 0 Å². The number of halogens is 1. The Bertz CT molecular complexity index is 345. The zero-order chi connectivity index (χ0) is 12.0. The van der Waals surface area contributed by atoms with E-state index in [0.29, 0.717) is 11.9 Å². The number of rotatable bonds is 5. The van der Waals surface area contributed by atoms with Crippen LogP contribution < -0.4 is 11.1 Å². The van der Waals surface area contributed by atoms with Gasteiger partial charge in [-0.2, -0.15) is 5.10 Å². The maximum atomic E-state index is 5.69. The minimum atomic E-state index is 0.500. The van der Waals surface area contributed by atoms with Crippen molar-refractivity contribution in [2.45, 2.75) is 20.4 Å². The van der Waals surface area contributed by atoms with Crippen molar-refractivity contribution >= 4 is 21.9 Å². The fourth-order valence-electron chi connectivity index (χ4n) is 1.10. The number of aromatic nitrogens is 2. The number of hydrogen-bond acceptors (Lipinski definition) is 2. The summed E-state index contributed by atoms with van der Waals surface area (Å²) < 4.78 is 2.82. The van der Waals surface area contributed by atoms with Crippen molar-refractivity contribution in [3.8, 4) is 0 Å². The van der Waals surface area contributed by atoms with E-state index in [-0.39, 0.29) is 0 Å². The van der Waals surface area contributed by atoms with Crippen molar-refractivity contribution in [2.75, 3.05) is 13.1 Å². The van der Waals surface area contributed by atoms with Gasteiger partial charge in [0.05, 0.1) is 17.2 Å². The molecular weight excluding hydrogens is 270 g/mol. The predicted molar refractivity (Wildman–Crippen MR) is 69.3 cm³/mol. The first-order valence-corrected chi connectivity index (χ1v) is 6.09. The summed E-state index contributed by atoms with van der Waals surface area (Å²) in [6.07, 6.45) is 3.68. The average molecular weight is 288 g/mol. The van der Waals surface area contributed by atoms with Crippen molar-refractivity contribution in [1.29, 1.82) is 0 Å². The van der Waals surface area contributed by atoms with Gasteiger partial charge in [0, 0.05) is 19.3 Å². The highest BCUT2D eigenvalue weighted by atomic mass is 79.9. The van der Waals surface area contributed by atoms with E-state index in [1.807, 2.05) is 10.9 Å². The number of hydrogen-bond donors (Lipinski definition) is 2. The van der Waals surface area contributed by atoms with Crippen molar-refractivity contribution in [1.82, 2.24) is 15.1 Å². The standard InChI is InChI=1S/C10H18BrN5/c1-8(2)5-14-10(12)13-3-4-16-7-9(11)6-15-16/h6-8H,3-5H2,1-2H3,(H3,12,13,14). The fraction of sp³-hybridized carbons (Fsp3) is 0.600. The molecule has 0 radical (unpaired) electrons. The largest absolute Gasteiger partial charge is 0.370 e. The lowest BCUT2D eigenvalue weighted by Gasteiger charge is -2.06. The Kier molecular flexibility index (Phi) is 5.31. The molecule has 0 aromatic carbocycles. The second kappa shape index (κ2) is 6.52. The van der Waals surface area contributed by atoms with Crippen LogP contribution in [0.5, 0.6) is 0 Å². The average Bonchev–Trinajstić information content (AvgIpc) is 2.61. The lowest BCUT2D eigenvalue weighted by molar-refractivity contribution is 0.599. The summed E-state index contributed by atoms with van der Waals surface area (Å²) in [7, 11) is 0. The summed E-state index contributed by atoms with van der Waals surface area (Å²) in [6.45, 7) is 6.47. The first-order chi connectivity index (χ1) is 7.58. The third kappa shape index (κ3) is 5.16. The molecule has 0 fully saturated rings. The second-order valence-electron chi connectivity index (χ2n) is 3.97. The quantitative estimate of drug-likeness (QED) is 0.632. The van der Waals surface area contributed by atoms with E-state index in [9.17, 15) is 0 Å². The summed E-state index contributed by atoms with van der Waals surface area (Å²) in [5.41, 5.74) is 5.69. The first kappa shape index (κ1) is 13.0. The molecule has 0 saturated heterocycles. The molecular formula is C10H18BrN5. The van der Waals surface area contributed by atoms with Gasteiger partial charge in [-0.15, -0.1) is 0 Å². The molecule has 0 amide bonds. The van der Waals surface area contributed by atoms with E-state index >= 15 is 0 Å². The minimum absolute atomic E-state index is 0.500. The zero-order valence-electron chi connectivity index (χ0n) is 9.65. The molecule has 0 aliphatic heterocycles. The van der Waals surface area contributed by atoms with Crippen LogP contribution >= 0.6 is 15.9 Å². The fourth-order valence-corrected chi connectivity index (χ4v) is 1.42. The van der Waals surface area contributed by atoms with Crippen molar-refractivity contribution < 1.29 is 0 Å². The summed E-state index contributed by atoms with van der Waals surface area (Å²) in [5, 5.41) is 7.18. The van der Waals surface area contributed by atoms with Gasteiger partial charge in [-0.1, -0.05) is 13.8 Å². The number of nitrogens with zero attached hydrogens (tertiary/aromatic N) is 3. The highest BCUT2D eigenvalue weighted by Gasteiger charge is 1.96. The van der Waals surface area contributed by atoms with Crippen LogP contribution in [0, 0.1) is 5.92 Å². The molecule has 1 aromatic heterocycles. The van der Waals surface area contributed by atoms with E-state index in [4.69, 9.17) is 5.73 Å². The molecule has 1 rings (SSSR count). The normalized spacial score (nSPS) is 12.1. The van der Waals surface area contributed by atoms with Crippen LogP contribution in [0.1, 0.15) is 13.8 Å². The highest BCUT2D eigenvalue weighted by molar-refractivity contribution is 9.10. The molecule has 0 saturated carbocycles. The Morgan fingerprint density at radius 1 is 1.69 bits per heavy atom. The van der Waals surface area contributed by atoms with Crippen LogP contribution in [-0.4, -0.2) is 28.8 Å². The van der Waals surface area contributed by atoms with Crippen molar-refractivity contribution in [3.63, 3.8) is 0 Å². The van der Waals surface area contributed by atoms with Crippen LogP contribution in [-0.2, 0) is 6.54 Å². The topological polar surface area (TPSA) is 68.2 Å². The van der Waals surface area contributed by atoms with Crippen molar-refractivity contribution in [3.05, 3.63) is 16.9 Å². The van der Waals surface area contributed by atoms with Gasteiger partial charge in [0.25, 0.3) is 0 Å². The summed E-state index contributed by atoms with van der Waals surface area (Å²) in [6, 6.07) is 0. The van der Waals surface area contributed by atoms with Gasteiger partial charge in [-0.25, -0.2) is 0 Å². The molecule has 0 unspecified atom stereocenters. The van der Waals surface area contributed by atoms with E-state index in [1.165, 1.54) is 0 Å². The van der Waals surface area contributed by atoms with Crippen LogP contribution in [0.2, 0.25) is 0 Å². The van der Waals surface area contributed by atoms with Crippen LogP contribution in [0.15, 0.2) is 21.9 Å². The Labute approximate surface area is 104 Å². The molecule has 90 valence electrons. The van der Waals surface area contributed by atoms with E-state index in [1.54, 1.807) is 6.20 Å². The lowest BCUT2D eigenvalue weighted by atomic mass is 10.2. The molecule has 0 aliphatic rings. The Balaban J connectivity index is 2.22.